The number of nitrogens with one attached hydrogen (secondary N) is 2. The first kappa shape index (κ1) is 15.0. The van der Waals surface area contributed by atoms with Crippen molar-refractivity contribution < 1.29 is 9.59 Å². The third-order valence-electron chi connectivity index (χ3n) is 3.64. The molecule has 0 radical (unpaired) electrons. The fraction of sp³-hybridized carbons (Fsp3) is 0.429. The largest absolute Gasteiger partial charge is 0.350 e. The van der Waals surface area contributed by atoms with E-state index in [9.17, 15) is 9.59 Å². The van der Waals surface area contributed by atoms with Crippen LogP contribution < -0.4 is 15.5 Å². The first-order valence-corrected chi connectivity index (χ1v) is 7.30. The maximum Gasteiger partial charge on any atom is 0.249 e. The van der Waals surface area contributed by atoms with Crippen LogP contribution >= 0.6 is 15.9 Å². The van der Waals surface area contributed by atoms with Gasteiger partial charge in [0.15, 0.2) is 0 Å². The maximum absolute atomic E-state index is 11.7. The molecular weight excluding hydrogens is 322 g/mol. The van der Waals surface area contributed by atoms with Crippen molar-refractivity contribution in [2.75, 3.05) is 18.5 Å². The minimum absolute atomic E-state index is 0.195. The molecule has 1 saturated heterocycles. The van der Waals surface area contributed by atoms with Gasteiger partial charge in [0, 0.05) is 16.2 Å². The van der Waals surface area contributed by atoms with Crippen molar-refractivity contribution in [2.24, 2.45) is 0 Å². The number of amides is 2. The van der Waals surface area contributed by atoms with Crippen LogP contribution in [0.2, 0.25) is 0 Å². The molecule has 2 amide bonds. The van der Waals surface area contributed by atoms with E-state index in [1.165, 1.54) is 0 Å². The number of benzene rings is 1. The molecule has 6 heteroatoms. The summed E-state index contributed by atoms with van der Waals surface area (Å²) in [5.41, 5.74) is 2.00. The Morgan fingerprint density at radius 1 is 1.45 bits per heavy atom. The standard InChI is InChI=1S/C14H18BrN3O2/c1-8(16-3)11-5-4-10(6-12(11)15)18-7-13(19)17-14(20)9(18)2/h4-6,8-9,16H,7H2,1-3H3,(H,17,19,20). The highest BCUT2D eigenvalue weighted by Gasteiger charge is 2.30. The predicted octanol–water partition coefficient (Wildman–Crippen LogP) is 1.58. The third kappa shape index (κ3) is 2.86. The fourth-order valence-electron chi connectivity index (χ4n) is 2.23. The van der Waals surface area contributed by atoms with E-state index in [1.807, 2.05) is 25.2 Å². The Labute approximate surface area is 126 Å². The van der Waals surface area contributed by atoms with Gasteiger partial charge >= 0.3 is 0 Å². The van der Waals surface area contributed by atoms with E-state index in [2.05, 4.69) is 33.5 Å². The van der Waals surface area contributed by atoms with Gasteiger partial charge in [-0.25, -0.2) is 0 Å². The molecule has 1 aliphatic heterocycles. The Morgan fingerprint density at radius 3 is 2.75 bits per heavy atom. The molecule has 2 atom stereocenters. The molecule has 0 aliphatic carbocycles. The van der Waals surface area contributed by atoms with E-state index in [4.69, 9.17) is 0 Å². The molecule has 2 N–H and O–H groups in total. The summed E-state index contributed by atoms with van der Waals surface area (Å²) >= 11 is 3.55. The van der Waals surface area contributed by atoms with E-state index < -0.39 is 0 Å². The first-order valence-electron chi connectivity index (χ1n) is 6.51. The number of hydrogen-bond acceptors (Lipinski definition) is 4. The monoisotopic (exact) mass is 339 g/mol. The molecule has 0 saturated carbocycles. The highest BCUT2D eigenvalue weighted by molar-refractivity contribution is 9.10. The van der Waals surface area contributed by atoms with E-state index in [0.29, 0.717) is 0 Å². The van der Waals surface area contributed by atoms with Crippen LogP contribution in [0.25, 0.3) is 0 Å². The number of anilines is 1. The van der Waals surface area contributed by atoms with E-state index in [1.54, 1.807) is 11.8 Å². The van der Waals surface area contributed by atoms with Crippen molar-refractivity contribution in [3.05, 3.63) is 28.2 Å². The second kappa shape index (κ2) is 5.93. The van der Waals surface area contributed by atoms with Crippen LogP contribution in [0.4, 0.5) is 5.69 Å². The summed E-state index contributed by atoms with van der Waals surface area (Å²) < 4.78 is 0.961. The Balaban J connectivity index is 2.31. The zero-order chi connectivity index (χ0) is 14.9. The summed E-state index contributed by atoms with van der Waals surface area (Å²) in [6.07, 6.45) is 0. The van der Waals surface area contributed by atoms with Gasteiger partial charge in [-0.2, -0.15) is 0 Å². The van der Waals surface area contributed by atoms with Crippen LogP contribution in [0.3, 0.4) is 0 Å². The summed E-state index contributed by atoms with van der Waals surface area (Å²) in [4.78, 5) is 25.0. The molecule has 20 heavy (non-hydrogen) atoms. The van der Waals surface area contributed by atoms with Crippen molar-refractivity contribution in [1.29, 1.82) is 0 Å². The van der Waals surface area contributed by atoms with Gasteiger partial charge in [0.05, 0.1) is 6.54 Å². The lowest BCUT2D eigenvalue weighted by molar-refractivity contribution is -0.132. The van der Waals surface area contributed by atoms with Crippen LogP contribution in [0.5, 0.6) is 0 Å². The second-order valence-electron chi connectivity index (χ2n) is 4.93. The summed E-state index contributed by atoms with van der Waals surface area (Å²) in [6, 6.07) is 5.76. The molecule has 1 aromatic rings. The van der Waals surface area contributed by atoms with Gasteiger partial charge in [-0.15, -0.1) is 0 Å². The SMILES string of the molecule is CNC(C)c1ccc(N2CC(=O)NC(=O)C2C)cc1Br. The van der Waals surface area contributed by atoms with Crippen molar-refractivity contribution in [3.63, 3.8) is 0 Å². The van der Waals surface area contributed by atoms with E-state index >= 15 is 0 Å². The van der Waals surface area contributed by atoms with E-state index in [0.717, 1.165) is 15.7 Å². The molecule has 2 rings (SSSR count). The van der Waals surface area contributed by atoms with Crippen LogP contribution in [-0.2, 0) is 9.59 Å². The van der Waals surface area contributed by atoms with E-state index in [-0.39, 0.29) is 30.4 Å². The van der Waals surface area contributed by atoms with Gasteiger partial charge < -0.3 is 10.2 Å². The molecular formula is C14H18BrN3O2. The van der Waals surface area contributed by atoms with Gasteiger partial charge in [-0.05, 0) is 38.6 Å². The van der Waals surface area contributed by atoms with Crippen molar-refractivity contribution in [1.82, 2.24) is 10.6 Å². The van der Waals surface area contributed by atoms with Crippen LogP contribution in [0, 0.1) is 0 Å². The number of piperazine rings is 1. The smallest absolute Gasteiger partial charge is 0.249 e. The molecule has 1 heterocycles. The molecule has 0 aromatic heterocycles. The average molecular weight is 340 g/mol. The minimum atomic E-state index is -0.354. The van der Waals surface area contributed by atoms with Crippen molar-refractivity contribution in [2.45, 2.75) is 25.9 Å². The van der Waals surface area contributed by atoms with Gasteiger partial charge in [0.25, 0.3) is 0 Å². The molecule has 108 valence electrons. The predicted molar refractivity (Wildman–Crippen MR) is 81.6 cm³/mol. The quantitative estimate of drug-likeness (QED) is 0.821. The normalized spacial score (nSPS) is 20.8. The van der Waals surface area contributed by atoms with Crippen molar-refractivity contribution >= 4 is 33.4 Å². The zero-order valence-corrected chi connectivity index (χ0v) is 13.3. The van der Waals surface area contributed by atoms with Gasteiger partial charge in [-0.3, -0.25) is 14.9 Å². The lowest BCUT2D eigenvalue weighted by Crippen LogP contribution is -2.57. The topological polar surface area (TPSA) is 61.4 Å². The highest BCUT2D eigenvalue weighted by atomic mass is 79.9. The average Bonchev–Trinajstić information content (AvgIpc) is 2.41. The molecule has 0 spiro atoms. The van der Waals surface area contributed by atoms with Gasteiger partial charge in [-0.1, -0.05) is 22.0 Å². The maximum atomic E-state index is 11.7. The Morgan fingerprint density at radius 2 is 2.15 bits per heavy atom. The Bertz CT molecular complexity index is 547. The molecule has 0 bridgehead atoms. The van der Waals surface area contributed by atoms with Gasteiger partial charge in [0.1, 0.15) is 6.04 Å². The van der Waals surface area contributed by atoms with Crippen LogP contribution in [0.1, 0.15) is 25.5 Å². The summed E-state index contributed by atoms with van der Waals surface area (Å²) in [6.45, 7) is 4.06. The summed E-state index contributed by atoms with van der Waals surface area (Å²) in [5.74, 6) is -0.526. The highest BCUT2D eigenvalue weighted by Crippen LogP contribution is 2.29. The lowest BCUT2D eigenvalue weighted by atomic mass is 10.1. The third-order valence-corrected chi connectivity index (χ3v) is 4.33. The molecule has 5 nitrogen and oxygen atoms in total. The number of imide groups is 1. The number of rotatable bonds is 3. The Kier molecular flexibility index (Phi) is 4.45. The first-order chi connectivity index (χ1) is 9.43. The number of nitrogens with zero attached hydrogens (tertiary/aromatic N) is 1. The minimum Gasteiger partial charge on any atom is -0.350 e. The summed E-state index contributed by atoms with van der Waals surface area (Å²) in [7, 11) is 1.90. The number of carbonyl (C=O) groups is 2. The van der Waals surface area contributed by atoms with Crippen LogP contribution in [-0.4, -0.2) is 31.4 Å². The van der Waals surface area contributed by atoms with Crippen LogP contribution in [0.15, 0.2) is 22.7 Å². The fourth-order valence-corrected chi connectivity index (χ4v) is 2.94. The van der Waals surface area contributed by atoms with Gasteiger partial charge in [0.2, 0.25) is 11.8 Å². The van der Waals surface area contributed by atoms with Crippen molar-refractivity contribution in [3.8, 4) is 0 Å². The number of hydrogen-bond donors (Lipinski definition) is 2. The molecule has 1 aliphatic rings. The number of halogens is 1. The summed E-state index contributed by atoms with van der Waals surface area (Å²) in [5, 5.41) is 5.52. The molecule has 1 fully saturated rings. The second-order valence-corrected chi connectivity index (χ2v) is 5.79. The molecule has 2 unspecified atom stereocenters. The lowest BCUT2D eigenvalue weighted by Gasteiger charge is -2.34. The number of carbonyl (C=O) groups excluding carboxylic acids is 2. The zero-order valence-electron chi connectivity index (χ0n) is 11.7. The molecule has 1 aromatic carbocycles. The Hall–Kier alpha value is -1.40.